The van der Waals surface area contributed by atoms with Gasteiger partial charge >= 0.3 is 0 Å². The predicted molar refractivity (Wildman–Crippen MR) is 75.7 cm³/mol. The lowest BCUT2D eigenvalue weighted by atomic mass is 9.97. The van der Waals surface area contributed by atoms with Gasteiger partial charge in [0.15, 0.2) is 11.6 Å². The third-order valence-corrected chi connectivity index (χ3v) is 3.92. The van der Waals surface area contributed by atoms with Gasteiger partial charge in [-0.25, -0.2) is 0 Å². The number of rotatable bonds is 4. The van der Waals surface area contributed by atoms with Crippen molar-refractivity contribution in [2.75, 3.05) is 19.7 Å². The number of morpholine rings is 1. The van der Waals surface area contributed by atoms with Crippen LogP contribution in [0.2, 0.25) is 0 Å². The van der Waals surface area contributed by atoms with Crippen molar-refractivity contribution in [3.8, 4) is 0 Å². The quantitative estimate of drug-likeness (QED) is 0.839. The Morgan fingerprint density at radius 2 is 2.14 bits per heavy atom. The van der Waals surface area contributed by atoms with E-state index in [1.807, 2.05) is 20.8 Å². The summed E-state index contributed by atoms with van der Waals surface area (Å²) >= 11 is 0. The zero-order chi connectivity index (χ0) is 15.0. The van der Waals surface area contributed by atoms with Crippen molar-refractivity contribution < 1.29 is 14.1 Å². The van der Waals surface area contributed by atoms with Crippen molar-refractivity contribution in [3.63, 3.8) is 0 Å². The molecule has 1 atom stereocenters. The number of Topliss-reactive ketones (excluding diaryl/α,β-unsaturated/α-hetero) is 1. The van der Waals surface area contributed by atoms with Gasteiger partial charge in [0, 0.05) is 24.4 Å². The molecule has 6 heteroatoms. The molecule has 0 amide bonds. The Labute approximate surface area is 124 Å². The fourth-order valence-corrected chi connectivity index (χ4v) is 2.47. The second-order valence-corrected chi connectivity index (χ2v) is 7.04. The average Bonchev–Trinajstić information content (AvgIpc) is 3.17. The number of hydrogen-bond donors (Lipinski definition) is 0. The Bertz CT molecular complexity index is 516. The summed E-state index contributed by atoms with van der Waals surface area (Å²) in [6.07, 6.45) is 1.77. The lowest BCUT2D eigenvalue weighted by molar-refractivity contribution is -0.137. The Morgan fingerprint density at radius 3 is 2.76 bits per heavy atom. The minimum atomic E-state index is -0.278. The van der Waals surface area contributed by atoms with Crippen LogP contribution in [-0.4, -0.2) is 46.6 Å². The first kappa shape index (κ1) is 14.7. The highest BCUT2D eigenvalue weighted by molar-refractivity contribution is 5.87. The monoisotopic (exact) mass is 293 g/mol. The molecular weight excluding hydrogens is 270 g/mol. The number of ether oxygens (including phenoxy) is 1. The van der Waals surface area contributed by atoms with Gasteiger partial charge in [0.1, 0.15) is 6.10 Å². The van der Waals surface area contributed by atoms with Crippen LogP contribution < -0.4 is 0 Å². The lowest BCUT2D eigenvalue weighted by Crippen LogP contribution is -2.46. The smallest absolute Gasteiger partial charge is 0.232 e. The summed E-state index contributed by atoms with van der Waals surface area (Å²) in [4.78, 5) is 18.7. The van der Waals surface area contributed by atoms with Crippen LogP contribution in [0.1, 0.15) is 45.3 Å². The molecule has 0 N–H and O–H groups in total. The molecule has 6 nitrogen and oxygen atoms in total. The zero-order valence-corrected chi connectivity index (χ0v) is 13.0. The summed E-state index contributed by atoms with van der Waals surface area (Å²) in [6, 6.07) is 0. The summed E-state index contributed by atoms with van der Waals surface area (Å²) < 4.78 is 10.9. The standard InChI is InChI=1S/C15H23N3O3/c1-15(2,3)14-16-12(17-21-14)9-18-6-7-20-11(8-18)13(19)10-4-5-10/h10-11H,4-9H2,1-3H3. The van der Waals surface area contributed by atoms with Crippen LogP contribution in [0, 0.1) is 5.92 Å². The molecule has 21 heavy (non-hydrogen) atoms. The van der Waals surface area contributed by atoms with E-state index in [1.165, 1.54) is 0 Å². The van der Waals surface area contributed by atoms with Gasteiger partial charge in [0.2, 0.25) is 5.89 Å². The highest BCUT2D eigenvalue weighted by Gasteiger charge is 2.37. The van der Waals surface area contributed by atoms with Gasteiger partial charge in [0.25, 0.3) is 0 Å². The van der Waals surface area contributed by atoms with Gasteiger partial charge in [-0.05, 0) is 12.8 Å². The van der Waals surface area contributed by atoms with Crippen LogP contribution >= 0.6 is 0 Å². The Balaban J connectivity index is 1.59. The number of ketones is 1. The van der Waals surface area contributed by atoms with Crippen molar-refractivity contribution in [3.05, 3.63) is 11.7 Å². The molecule has 2 heterocycles. The maximum Gasteiger partial charge on any atom is 0.232 e. The minimum absolute atomic E-state index is 0.138. The zero-order valence-electron chi connectivity index (χ0n) is 13.0. The van der Waals surface area contributed by atoms with E-state index in [1.54, 1.807) is 0 Å². The SMILES string of the molecule is CC(C)(C)c1nc(CN2CCOC(C(=O)C3CC3)C2)no1. The van der Waals surface area contributed by atoms with Crippen molar-refractivity contribution in [2.24, 2.45) is 5.92 Å². The van der Waals surface area contributed by atoms with Crippen molar-refractivity contribution in [1.29, 1.82) is 0 Å². The van der Waals surface area contributed by atoms with Crippen molar-refractivity contribution in [2.45, 2.75) is 51.7 Å². The molecule has 1 unspecified atom stereocenters. The summed E-state index contributed by atoms with van der Waals surface area (Å²) in [6.45, 7) is 8.77. The second kappa shape index (κ2) is 5.50. The van der Waals surface area contributed by atoms with Crippen molar-refractivity contribution in [1.82, 2.24) is 15.0 Å². The molecule has 0 bridgehead atoms. The molecule has 2 aliphatic rings. The fourth-order valence-electron chi connectivity index (χ4n) is 2.47. The molecule has 1 aromatic rings. The van der Waals surface area contributed by atoms with Crippen LogP contribution in [0.25, 0.3) is 0 Å². The van der Waals surface area contributed by atoms with Gasteiger partial charge in [-0.2, -0.15) is 4.98 Å². The Hall–Kier alpha value is -1.27. The average molecular weight is 293 g/mol. The molecule has 0 spiro atoms. The number of carbonyl (C=O) groups is 1. The maximum atomic E-state index is 12.1. The van der Waals surface area contributed by atoms with Crippen LogP contribution in [0.4, 0.5) is 0 Å². The molecular formula is C15H23N3O3. The van der Waals surface area contributed by atoms with E-state index in [0.29, 0.717) is 31.4 Å². The van der Waals surface area contributed by atoms with E-state index in [-0.39, 0.29) is 23.2 Å². The molecule has 3 rings (SSSR count). The second-order valence-electron chi connectivity index (χ2n) is 7.04. The molecule has 0 radical (unpaired) electrons. The van der Waals surface area contributed by atoms with E-state index in [0.717, 1.165) is 19.4 Å². The first-order valence-electron chi connectivity index (χ1n) is 7.64. The summed E-state index contributed by atoms with van der Waals surface area (Å²) in [5.74, 6) is 1.84. The molecule has 1 aliphatic heterocycles. The van der Waals surface area contributed by atoms with Gasteiger partial charge in [-0.3, -0.25) is 9.69 Å². The summed E-state index contributed by atoms with van der Waals surface area (Å²) in [7, 11) is 0. The number of carbonyl (C=O) groups excluding carboxylic acids is 1. The number of nitrogens with zero attached hydrogens (tertiary/aromatic N) is 3. The molecule has 2 fully saturated rings. The molecule has 1 saturated carbocycles. The van der Waals surface area contributed by atoms with Gasteiger partial charge in [-0.15, -0.1) is 0 Å². The van der Waals surface area contributed by atoms with E-state index >= 15 is 0 Å². The van der Waals surface area contributed by atoms with Gasteiger partial charge in [0.05, 0.1) is 13.2 Å². The number of aromatic nitrogens is 2. The lowest BCUT2D eigenvalue weighted by Gasteiger charge is -2.31. The van der Waals surface area contributed by atoms with Crippen LogP contribution in [0.3, 0.4) is 0 Å². The van der Waals surface area contributed by atoms with Crippen molar-refractivity contribution >= 4 is 5.78 Å². The molecule has 116 valence electrons. The largest absolute Gasteiger partial charge is 0.368 e. The molecule has 1 saturated heterocycles. The third-order valence-electron chi connectivity index (χ3n) is 3.92. The maximum absolute atomic E-state index is 12.1. The van der Waals surface area contributed by atoms with Crippen LogP contribution in [0.5, 0.6) is 0 Å². The summed E-state index contributed by atoms with van der Waals surface area (Å²) in [5.41, 5.74) is -0.138. The fraction of sp³-hybridized carbons (Fsp3) is 0.800. The molecule has 0 aromatic carbocycles. The third kappa shape index (κ3) is 3.49. The highest BCUT2D eigenvalue weighted by atomic mass is 16.5. The normalized spacial score (nSPS) is 24.2. The van der Waals surface area contributed by atoms with Gasteiger partial charge in [-0.1, -0.05) is 25.9 Å². The highest BCUT2D eigenvalue weighted by Crippen LogP contribution is 2.32. The Morgan fingerprint density at radius 1 is 1.38 bits per heavy atom. The summed E-state index contributed by atoms with van der Waals surface area (Å²) in [5, 5.41) is 4.04. The van der Waals surface area contributed by atoms with E-state index < -0.39 is 0 Å². The molecule has 1 aromatic heterocycles. The number of hydrogen-bond acceptors (Lipinski definition) is 6. The van der Waals surface area contributed by atoms with Crippen LogP contribution in [0.15, 0.2) is 4.52 Å². The minimum Gasteiger partial charge on any atom is -0.368 e. The van der Waals surface area contributed by atoms with Gasteiger partial charge < -0.3 is 9.26 Å². The first-order chi connectivity index (χ1) is 9.93. The topological polar surface area (TPSA) is 68.5 Å². The van der Waals surface area contributed by atoms with E-state index in [2.05, 4.69) is 15.0 Å². The van der Waals surface area contributed by atoms with E-state index in [4.69, 9.17) is 9.26 Å². The van der Waals surface area contributed by atoms with Crippen LogP contribution in [-0.2, 0) is 21.5 Å². The first-order valence-corrected chi connectivity index (χ1v) is 7.64. The predicted octanol–water partition coefficient (Wildman–Crippen LogP) is 1.55. The van der Waals surface area contributed by atoms with E-state index in [9.17, 15) is 4.79 Å². The molecule has 1 aliphatic carbocycles. The Kier molecular flexibility index (Phi) is 3.84.